The third-order valence-electron chi connectivity index (χ3n) is 6.10. The van der Waals surface area contributed by atoms with Gasteiger partial charge >= 0.3 is 0 Å². The SMILES string of the molecule is O=C(CC1c2ccccc2Oc2ccccc21)Nc1nc(-c2ccc(F)c3ccccc23)cs1. The molecule has 1 aliphatic heterocycles. The van der Waals surface area contributed by atoms with Gasteiger partial charge < -0.3 is 10.1 Å². The van der Waals surface area contributed by atoms with E-state index in [1.54, 1.807) is 12.1 Å². The minimum atomic E-state index is -0.264. The number of para-hydroxylation sites is 2. The van der Waals surface area contributed by atoms with Crippen LogP contribution in [0.25, 0.3) is 22.0 Å². The third kappa shape index (κ3) is 3.62. The molecule has 0 atom stereocenters. The summed E-state index contributed by atoms with van der Waals surface area (Å²) < 4.78 is 20.2. The van der Waals surface area contributed by atoms with Crippen LogP contribution in [0.1, 0.15) is 23.5 Å². The molecule has 1 aliphatic rings. The van der Waals surface area contributed by atoms with Crippen LogP contribution in [0.5, 0.6) is 11.5 Å². The monoisotopic (exact) mass is 466 g/mol. The first kappa shape index (κ1) is 20.6. The molecule has 5 aromatic rings. The van der Waals surface area contributed by atoms with Crippen LogP contribution in [0.3, 0.4) is 0 Å². The first-order chi connectivity index (χ1) is 16.7. The van der Waals surface area contributed by atoms with E-state index < -0.39 is 0 Å². The van der Waals surface area contributed by atoms with Crippen LogP contribution in [-0.4, -0.2) is 10.9 Å². The summed E-state index contributed by atoms with van der Waals surface area (Å²) in [6, 6.07) is 26.2. The second-order valence-electron chi connectivity index (χ2n) is 8.16. The van der Waals surface area contributed by atoms with Crippen molar-refractivity contribution in [1.82, 2.24) is 4.98 Å². The molecule has 6 heteroatoms. The fourth-order valence-corrected chi connectivity index (χ4v) is 5.25. The largest absolute Gasteiger partial charge is 0.457 e. The molecule has 1 N–H and O–H groups in total. The van der Waals surface area contributed by atoms with Gasteiger partial charge in [-0.25, -0.2) is 9.37 Å². The van der Waals surface area contributed by atoms with Gasteiger partial charge in [-0.2, -0.15) is 0 Å². The number of nitrogens with one attached hydrogen (secondary N) is 1. The summed E-state index contributed by atoms with van der Waals surface area (Å²) in [6.07, 6.45) is 0.270. The lowest BCUT2D eigenvalue weighted by Crippen LogP contribution is -2.19. The smallest absolute Gasteiger partial charge is 0.227 e. The number of amides is 1. The molecule has 0 spiro atoms. The number of rotatable bonds is 4. The number of ether oxygens (including phenoxy) is 1. The maximum atomic E-state index is 14.2. The van der Waals surface area contributed by atoms with Gasteiger partial charge in [0.1, 0.15) is 17.3 Å². The molecule has 0 unspecified atom stereocenters. The van der Waals surface area contributed by atoms with E-state index in [0.717, 1.165) is 33.6 Å². The van der Waals surface area contributed by atoms with E-state index >= 15 is 0 Å². The Balaban J connectivity index is 1.26. The highest BCUT2D eigenvalue weighted by Gasteiger charge is 2.29. The Hall–Kier alpha value is -4.03. The van der Waals surface area contributed by atoms with Crippen molar-refractivity contribution in [3.8, 4) is 22.8 Å². The molecule has 0 fully saturated rings. The van der Waals surface area contributed by atoms with E-state index in [1.165, 1.54) is 17.4 Å². The minimum absolute atomic E-state index is 0.110. The van der Waals surface area contributed by atoms with Crippen LogP contribution < -0.4 is 10.1 Å². The average molecular weight is 467 g/mol. The molecular formula is C28H19FN2O2S. The number of aromatic nitrogens is 1. The van der Waals surface area contributed by atoms with Crippen LogP contribution >= 0.6 is 11.3 Å². The van der Waals surface area contributed by atoms with E-state index in [4.69, 9.17) is 4.74 Å². The highest BCUT2D eigenvalue weighted by molar-refractivity contribution is 7.14. The Morgan fingerprint density at radius 1 is 0.882 bits per heavy atom. The molecule has 4 nitrogen and oxygen atoms in total. The number of thiazole rings is 1. The molecule has 4 aromatic carbocycles. The van der Waals surface area contributed by atoms with Gasteiger partial charge in [-0.15, -0.1) is 11.3 Å². The molecular weight excluding hydrogens is 447 g/mol. The molecule has 1 aromatic heterocycles. The highest BCUT2D eigenvalue weighted by atomic mass is 32.1. The second-order valence-corrected chi connectivity index (χ2v) is 9.02. The maximum absolute atomic E-state index is 14.2. The van der Waals surface area contributed by atoms with Crippen molar-refractivity contribution in [2.24, 2.45) is 0 Å². The van der Waals surface area contributed by atoms with Crippen molar-refractivity contribution < 1.29 is 13.9 Å². The van der Waals surface area contributed by atoms with E-state index in [9.17, 15) is 9.18 Å². The van der Waals surface area contributed by atoms with Gasteiger partial charge in [-0.3, -0.25) is 4.79 Å². The lowest BCUT2D eigenvalue weighted by atomic mass is 9.85. The van der Waals surface area contributed by atoms with Gasteiger partial charge in [0.05, 0.1) is 5.69 Å². The third-order valence-corrected chi connectivity index (χ3v) is 6.85. The number of anilines is 1. The van der Waals surface area contributed by atoms with Crippen LogP contribution in [0.2, 0.25) is 0 Å². The van der Waals surface area contributed by atoms with Gasteiger partial charge in [-0.1, -0.05) is 60.7 Å². The number of carbonyl (C=O) groups excluding carboxylic acids is 1. The zero-order valence-electron chi connectivity index (χ0n) is 18.0. The fraction of sp³-hybridized carbons (Fsp3) is 0.0714. The van der Waals surface area contributed by atoms with Crippen molar-refractivity contribution in [2.75, 3.05) is 5.32 Å². The maximum Gasteiger partial charge on any atom is 0.227 e. The number of hydrogen-bond acceptors (Lipinski definition) is 4. The number of benzene rings is 4. The first-order valence-corrected chi connectivity index (χ1v) is 11.8. The summed E-state index contributed by atoms with van der Waals surface area (Å²) in [7, 11) is 0. The van der Waals surface area contributed by atoms with Crippen LogP contribution in [0.15, 0.2) is 90.3 Å². The number of hydrogen-bond donors (Lipinski definition) is 1. The zero-order chi connectivity index (χ0) is 23.1. The standard InChI is InChI=1S/C28H19FN2O2S/c29-23-14-13-19(17-7-1-2-8-18(17)23)24-16-34-28(30-24)31-27(32)15-22-20-9-3-5-11-25(20)33-26-12-6-4-10-21(22)26/h1-14,16,22H,15H2,(H,30,31,32). The van der Waals surface area contributed by atoms with Gasteiger partial charge in [0.15, 0.2) is 5.13 Å². The molecule has 2 heterocycles. The molecule has 0 saturated heterocycles. The average Bonchev–Trinajstić information content (AvgIpc) is 3.32. The van der Waals surface area contributed by atoms with Crippen LogP contribution in [0, 0.1) is 5.82 Å². The summed E-state index contributed by atoms with van der Waals surface area (Å²) in [5.74, 6) is 1.06. The van der Waals surface area contributed by atoms with Crippen LogP contribution in [0.4, 0.5) is 9.52 Å². The summed E-state index contributed by atoms with van der Waals surface area (Å²) in [4.78, 5) is 17.7. The van der Waals surface area contributed by atoms with E-state index in [2.05, 4.69) is 10.3 Å². The number of halogens is 1. The number of nitrogens with zero attached hydrogens (tertiary/aromatic N) is 1. The van der Waals surface area contributed by atoms with Crippen molar-refractivity contribution >= 4 is 33.1 Å². The number of carbonyl (C=O) groups is 1. The normalized spacial score (nSPS) is 12.6. The predicted octanol–water partition coefficient (Wildman–Crippen LogP) is 7.37. The van der Waals surface area contributed by atoms with Gasteiger partial charge in [0.2, 0.25) is 5.91 Å². The highest BCUT2D eigenvalue weighted by Crippen LogP contribution is 2.45. The Labute approximate surface area is 199 Å². The van der Waals surface area contributed by atoms with Crippen molar-refractivity contribution in [1.29, 1.82) is 0 Å². The minimum Gasteiger partial charge on any atom is -0.457 e. The van der Waals surface area contributed by atoms with Crippen molar-refractivity contribution in [3.05, 3.63) is 107 Å². The summed E-state index contributed by atoms with van der Waals surface area (Å²) in [5, 5.41) is 6.70. The Morgan fingerprint density at radius 2 is 1.53 bits per heavy atom. The van der Waals surface area contributed by atoms with E-state index in [1.807, 2.05) is 72.1 Å². The molecule has 34 heavy (non-hydrogen) atoms. The molecule has 0 aliphatic carbocycles. The zero-order valence-corrected chi connectivity index (χ0v) is 18.8. The molecule has 0 bridgehead atoms. The van der Waals surface area contributed by atoms with Gasteiger partial charge in [0, 0.05) is 39.8 Å². The summed E-state index contributed by atoms with van der Waals surface area (Å²) in [5.41, 5.74) is 3.53. The van der Waals surface area contributed by atoms with Crippen molar-refractivity contribution in [3.63, 3.8) is 0 Å². The summed E-state index contributed by atoms with van der Waals surface area (Å²) >= 11 is 1.36. The Kier molecular flexibility index (Phi) is 5.08. The van der Waals surface area contributed by atoms with E-state index in [0.29, 0.717) is 16.2 Å². The first-order valence-electron chi connectivity index (χ1n) is 11.0. The van der Waals surface area contributed by atoms with E-state index in [-0.39, 0.29) is 24.1 Å². The molecule has 1 amide bonds. The van der Waals surface area contributed by atoms with Crippen LogP contribution in [-0.2, 0) is 4.79 Å². The molecule has 166 valence electrons. The van der Waals surface area contributed by atoms with Crippen molar-refractivity contribution in [2.45, 2.75) is 12.3 Å². The van der Waals surface area contributed by atoms with Gasteiger partial charge in [0.25, 0.3) is 0 Å². The Morgan fingerprint density at radius 3 is 2.26 bits per heavy atom. The second kappa shape index (κ2) is 8.39. The lowest BCUT2D eigenvalue weighted by Gasteiger charge is -2.27. The quantitative estimate of drug-likeness (QED) is 0.301. The summed E-state index contributed by atoms with van der Waals surface area (Å²) in [6.45, 7) is 0. The molecule has 0 saturated carbocycles. The topological polar surface area (TPSA) is 51.2 Å². The predicted molar refractivity (Wildman–Crippen MR) is 133 cm³/mol. The van der Waals surface area contributed by atoms with Gasteiger partial charge in [-0.05, 0) is 29.7 Å². The number of fused-ring (bicyclic) bond motifs is 3. The fourth-order valence-electron chi connectivity index (χ4n) is 4.52. The lowest BCUT2D eigenvalue weighted by molar-refractivity contribution is -0.116. The Bertz CT molecular complexity index is 1500. The molecule has 0 radical (unpaired) electrons. The molecule has 6 rings (SSSR count).